The summed E-state index contributed by atoms with van der Waals surface area (Å²) < 4.78 is 12.0. The predicted molar refractivity (Wildman–Crippen MR) is 69.4 cm³/mol. The Morgan fingerprint density at radius 3 is 1.95 bits per heavy atom. The molecule has 1 heterocycles. The molecule has 0 aliphatic rings. The van der Waals surface area contributed by atoms with E-state index < -0.39 is 23.1 Å². The molecular weight excluding hydrogens is 492 g/mol. The minimum Gasteiger partial charge on any atom is -0.444 e. The third-order valence-electron chi connectivity index (χ3n) is 1.05. The molecule has 0 radical (unpaired) electrons. The van der Waals surface area contributed by atoms with Gasteiger partial charge in [-0.15, -0.1) is 5.34 Å². The number of nitrogens with one attached hydrogen (secondary N) is 3. The number of nitrogens with two attached hydrogens (primary N) is 3. The Morgan fingerprint density at radius 1 is 1.41 bits per heavy atom. The standard InChI is InChI=1S/C4H3FN2O2.C2H8N2.CH4N2O2.HNO2.Pt/c5-2-1-6-4(9)7-3(2)8;3-1-2-4;2-1(4)3-5;2-1-3;/h1H,(H2,6,7,8,9);1-4H2;5H,(H3,2,3,4);(H,2,3);/q;;;;+2/p-1. The van der Waals surface area contributed by atoms with Crippen molar-refractivity contribution in [3.63, 3.8) is 0 Å². The third kappa shape index (κ3) is 26.4. The molecule has 0 bridgehead atoms. The zero-order valence-electron chi connectivity index (χ0n) is 10.9. The first kappa shape index (κ1) is 28.1. The van der Waals surface area contributed by atoms with E-state index in [9.17, 15) is 18.8 Å². The number of carbonyl (C=O) groups is 1. The zero-order chi connectivity index (χ0) is 17.3. The van der Waals surface area contributed by atoms with E-state index in [1.54, 1.807) is 4.98 Å². The Morgan fingerprint density at radius 2 is 1.77 bits per heavy atom. The number of aromatic amines is 2. The molecule has 0 fully saturated rings. The number of urea groups is 1. The summed E-state index contributed by atoms with van der Waals surface area (Å²) >= 11 is 0. The fraction of sp³-hybridized carbons (Fsp3) is 0.286. The van der Waals surface area contributed by atoms with Gasteiger partial charge in [-0.2, -0.15) is 4.39 Å². The summed E-state index contributed by atoms with van der Waals surface area (Å²) in [4.78, 5) is 41.2. The van der Waals surface area contributed by atoms with Gasteiger partial charge >= 0.3 is 32.8 Å². The zero-order valence-corrected chi connectivity index (χ0v) is 13.1. The predicted octanol–water partition coefficient (Wildman–Crippen LogP) is -2.60. The molecule has 13 nitrogen and oxygen atoms in total. The van der Waals surface area contributed by atoms with Crippen molar-refractivity contribution in [2.45, 2.75) is 0 Å². The number of primary amides is 1. The Kier molecular flexibility index (Phi) is 27.0. The molecule has 0 aliphatic carbocycles. The maximum absolute atomic E-state index is 12.0. The molecule has 1 rings (SSSR count). The van der Waals surface area contributed by atoms with Crippen molar-refractivity contribution < 1.29 is 35.5 Å². The molecule has 0 atom stereocenters. The van der Waals surface area contributed by atoms with Crippen molar-refractivity contribution in [3.8, 4) is 0 Å². The van der Waals surface area contributed by atoms with E-state index in [0.29, 0.717) is 19.3 Å². The molecule has 2 amide bonds. The monoisotopic (exact) mass is 507 g/mol. The van der Waals surface area contributed by atoms with Gasteiger partial charge in [-0.1, -0.05) is 0 Å². The molecule has 130 valence electrons. The smallest absolute Gasteiger partial charge is 0.444 e. The van der Waals surface area contributed by atoms with Gasteiger partial charge in [-0.3, -0.25) is 15.0 Å². The number of nitrogens with zero attached hydrogens (tertiary/aromatic N) is 1. The topological polar surface area (TPSA) is 246 Å². The summed E-state index contributed by atoms with van der Waals surface area (Å²) in [5.41, 5.74) is 13.6. The molecule has 1 aromatic rings. The Hall–Kier alpha value is -2.15. The van der Waals surface area contributed by atoms with Gasteiger partial charge in [0, 0.05) is 19.3 Å². The Balaban J connectivity index is -0.000000108. The van der Waals surface area contributed by atoms with E-state index in [1.807, 2.05) is 4.98 Å². The minimum atomic E-state index is -1.00. The number of hydroxylamine groups is 1. The van der Waals surface area contributed by atoms with Gasteiger partial charge in [-0.25, -0.2) is 15.1 Å². The van der Waals surface area contributed by atoms with Gasteiger partial charge in [0.05, 0.1) is 0 Å². The summed E-state index contributed by atoms with van der Waals surface area (Å²) in [5, 5.41) is 16.4. The molecule has 10 N–H and O–H groups in total. The average molecular weight is 507 g/mol. The van der Waals surface area contributed by atoms with Crippen LogP contribution in [0.2, 0.25) is 0 Å². The van der Waals surface area contributed by atoms with Crippen LogP contribution >= 0.6 is 0 Å². The average Bonchev–Trinajstić information content (AvgIpc) is 2.45. The van der Waals surface area contributed by atoms with Crippen molar-refractivity contribution >= 4 is 6.03 Å². The first-order valence-corrected chi connectivity index (χ1v) is 4.82. The first-order valence-electron chi connectivity index (χ1n) is 4.82. The van der Waals surface area contributed by atoms with Crippen LogP contribution in [0.1, 0.15) is 0 Å². The quantitative estimate of drug-likeness (QED) is 0.120. The summed E-state index contributed by atoms with van der Waals surface area (Å²) in [6.07, 6.45) is 0.709. The second-order valence-electron chi connectivity index (χ2n) is 2.55. The summed E-state index contributed by atoms with van der Waals surface area (Å²) in [6, 6.07) is -0.940. The van der Waals surface area contributed by atoms with E-state index in [-0.39, 0.29) is 21.1 Å². The Bertz CT molecular complexity index is 493. The summed E-state index contributed by atoms with van der Waals surface area (Å²) in [7, 11) is 0. The normalized spacial score (nSPS) is 7.27. The van der Waals surface area contributed by atoms with Gasteiger partial charge in [0.2, 0.25) is 5.82 Å². The van der Waals surface area contributed by atoms with Crippen LogP contribution in [0, 0.1) is 15.9 Å². The Labute approximate surface area is 136 Å². The van der Waals surface area contributed by atoms with Crippen molar-refractivity contribution in [1.82, 2.24) is 15.4 Å². The van der Waals surface area contributed by atoms with Gasteiger partial charge in [-0.05, 0) is 0 Å². The molecule has 0 spiro atoms. The molecule has 0 aromatic carbocycles. The van der Waals surface area contributed by atoms with Crippen molar-refractivity contribution in [3.05, 3.63) is 43.0 Å². The van der Waals surface area contributed by atoms with Crippen LogP contribution in [-0.2, 0) is 21.1 Å². The maximum atomic E-state index is 12.0. The summed E-state index contributed by atoms with van der Waals surface area (Å²) in [6.45, 7) is 1.19. The molecule has 0 saturated heterocycles. The van der Waals surface area contributed by atoms with Crippen molar-refractivity contribution in [2.24, 2.45) is 22.5 Å². The fourth-order valence-corrected chi connectivity index (χ4v) is 0.393. The number of aromatic nitrogens is 2. The van der Waals surface area contributed by atoms with Crippen LogP contribution < -0.4 is 33.9 Å². The molecular formula is C7H15FN7O6Pt+. The van der Waals surface area contributed by atoms with E-state index >= 15 is 0 Å². The summed E-state index contributed by atoms with van der Waals surface area (Å²) in [5.74, 6) is -0.991. The molecule has 0 aliphatic heterocycles. The number of halogens is 1. The SMILES string of the molecule is NC(=O)NO.NCCN.O=N[O-].O=c1[nH]cc(F)c(=O)[nH]1.[Pt+2]. The number of hydrogen-bond acceptors (Lipinski definition) is 9. The van der Waals surface area contributed by atoms with Gasteiger partial charge in [0.1, 0.15) is 0 Å². The van der Waals surface area contributed by atoms with Crippen LogP contribution in [0.5, 0.6) is 0 Å². The largest absolute Gasteiger partial charge is 2.00 e. The van der Waals surface area contributed by atoms with Crippen LogP contribution in [0.25, 0.3) is 0 Å². The molecule has 1 aromatic heterocycles. The van der Waals surface area contributed by atoms with E-state index in [4.69, 9.17) is 26.8 Å². The number of rotatable bonds is 1. The van der Waals surface area contributed by atoms with Gasteiger partial charge in [0.25, 0.3) is 5.56 Å². The first-order chi connectivity index (χ1) is 9.80. The second kappa shape index (κ2) is 21.2. The number of hydrogen-bond donors (Lipinski definition) is 7. The second-order valence-corrected chi connectivity index (χ2v) is 2.55. The molecule has 0 saturated carbocycles. The van der Waals surface area contributed by atoms with Gasteiger partial charge < -0.3 is 32.3 Å². The van der Waals surface area contributed by atoms with Crippen LogP contribution in [-0.4, -0.2) is 34.3 Å². The molecule has 22 heavy (non-hydrogen) atoms. The number of amides is 2. The van der Waals surface area contributed by atoms with Crippen molar-refractivity contribution in [1.29, 1.82) is 0 Å². The number of H-pyrrole nitrogens is 2. The fourth-order valence-electron chi connectivity index (χ4n) is 0.393. The van der Waals surface area contributed by atoms with Crippen molar-refractivity contribution in [2.75, 3.05) is 13.1 Å². The van der Waals surface area contributed by atoms with Crippen LogP contribution in [0.15, 0.2) is 21.1 Å². The maximum Gasteiger partial charge on any atom is 2.00 e. The van der Waals surface area contributed by atoms with E-state index in [2.05, 4.69) is 5.73 Å². The molecule has 15 heteroatoms. The number of carbonyl (C=O) groups excluding carboxylic acids is 1. The van der Waals surface area contributed by atoms with Crippen LogP contribution in [0.3, 0.4) is 0 Å². The van der Waals surface area contributed by atoms with Crippen LogP contribution in [0.4, 0.5) is 9.18 Å². The van der Waals surface area contributed by atoms with Gasteiger partial charge in [0.15, 0.2) is 0 Å². The molecule has 0 unspecified atom stereocenters. The third-order valence-corrected chi connectivity index (χ3v) is 1.05. The minimum absolute atomic E-state index is 0. The van der Waals surface area contributed by atoms with E-state index in [1.165, 1.54) is 5.48 Å². The van der Waals surface area contributed by atoms with E-state index in [0.717, 1.165) is 5.34 Å².